The van der Waals surface area contributed by atoms with Crippen molar-refractivity contribution in [2.75, 3.05) is 0 Å². The standard InChI is InChI=1S/C29H41BO3/c1-26(2,3)22-18-21(25(31)24(19-22)27(4,5)6)13-11-12-20-14-16-23(17-15-20)30-32-28(7,8)29(9,10)33-30/h11,13-19,31H,12H2,1-10H3/b13-11+. The van der Waals surface area contributed by atoms with Crippen LogP contribution in [0.1, 0.15) is 91.5 Å². The molecule has 3 nitrogen and oxygen atoms in total. The summed E-state index contributed by atoms with van der Waals surface area (Å²) in [5.41, 5.74) is 4.54. The number of allylic oxidation sites excluding steroid dienone is 1. The van der Waals surface area contributed by atoms with Crippen molar-refractivity contribution in [1.82, 2.24) is 0 Å². The van der Waals surface area contributed by atoms with Crippen LogP contribution in [0.2, 0.25) is 0 Å². The molecular weight excluding hydrogens is 407 g/mol. The van der Waals surface area contributed by atoms with Crippen LogP contribution in [0, 0.1) is 0 Å². The molecule has 33 heavy (non-hydrogen) atoms. The Morgan fingerprint density at radius 1 is 0.848 bits per heavy atom. The van der Waals surface area contributed by atoms with E-state index in [0.29, 0.717) is 5.75 Å². The van der Waals surface area contributed by atoms with Crippen LogP contribution in [0.5, 0.6) is 5.75 Å². The molecule has 0 unspecified atom stereocenters. The van der Waals surface area contributed by atoms with Crippen LogP contribution in [-0.2, 0) is 26.6 Å². The normalized spacial score (nSPS) is 18.3. The minimum Gasteiger partial charge on any atom is -0.507 e. The first-order valence-corrected chi connectivity index (χ1v) is 12.0. The van der Waals surface area contributed by atoms with Crippen molar-refractivity contribution in [1.29, 1.82) is 0 Å². The average Bonchev–Trinajstić information content (AvgIpc) is 2.89. The monoisotopic (exact) mass is 448 g/mol. The van der Waals surface area contributed by atoms with E-state index in [4.69, 9.17) is 9.31 Å². The average molecular weight is 448 g/mol. The fourth-order valence-corrected chi connectivity index (χ4v) is 3.90. The second-order valence-corrected chi connectivity index (χ2v) is 12.4. The van der Waals surface area contributed by atoms with E-state index in [-0.39, 0.29) is 29.2 Å². The fraction of sp³-hybridized carbons (Fsp3) is 0.517. The van der Waals surface area contributed by atoms with Crippen LogP contribution in [0.4, 0.5) is 0 Å². The summed E-state index contributed by atoms with van der Waals surface area (Å²) in [5, 5.41) is 11.0. The molecule has 3 rings (SSSR count). The summed E-state index contributed by atoms with van der Waals surface area (Å²) in [6.45, 7) is 21.3. The lowest BCUT2D eigenvalue weighted by Crippen LogP contribution is -2.41. The summed E-state index contributed by atoms with van der Waals surface area (Å²) in [7, 11) is -0.340. The van der Waals surface area contributed by atoms with Crippen molar-refractivity contribution in [3.05, 3.63) is 64.7 Å². The molecule has 1 fully saturated rings. The Labute approximate surface area is 201 Å². The Morgan fingerprint density at radius 2 is 1.39 bits per heavy atom. The van der Waals surface area contributed by atoms with E-state index in [9.17, 15) is 5.11 Å². The molecule has 0 aliphatic carbocycles. The lowest BCUT2D eigenvalue weighted by molar-refractivity contribution is 0.00578. The largest absolute Gasteiger partial charge is 0.507 e. The van der Waals surface area contributed by atoms with E-state index in [1.165, 1.54) is 11.1 Å². The zero-order valence-corrected chi connectivity index (χ0v) is 22.2. The number of rotatable bonds is 4. The zero-order valence-electron chi connectivity index (χ0n) is 22.2. The summed E-state index contributed by atoms with van der Waals surface area (Å²) in [6, 6.07) is 12.7. The number of aromatic hydroxyl groups is 1. The van der Waals surface area contributed by atoms with Gasteiger partial charge in [0.15, 0.2) is 0 Å². The van der Waals surface area contributed by atoms with Gasteiger partial charge in [-0.2, -0.15) is 0 Å². The van der Waals surface area contributed by atoms with Gasteiger partial charge in [0.05, 0.1) is 11.2 Å². The first kappa shape index (κ1) is 25.6. The second kappa shape index (κ2) is 8.63. The van der Waals surface area contributed by atoms with Crippen LogP contribution in [0.3, 0.4) is 0 Å². The predicted molar refractivity (Wildman–Crippen MR) is 140 cm³/mol. The molecule has 0 spiro atoms. The lowest BCUT2D eigenvalue weighted by atomic mass is 9.78. The molecule has 178 valence electrons. The van der Waals surface area contributed by atoms with Crippen molar-refractivity contribution in [3.63, 3.8) is 0 Å². The third kappa shape index (κ3) is 5.55. The number of phenolic OH excluding ortho intramolecular Hbond substituents is 1. The Balaban J connectivity index is 1.78. The molecule has 2 aromatic carbocycles. The van der Waals surface area contributed by atoms with Crippen LogP contribution in [0.15, 0.2) is 42.5 Å². The second-order valence-electron chi connectivity index (χ2n) is 12.4. The van der Waals surface area contributed by atoms with Crippen LogP contribution in [0.25, 0.3) is 6.08 Å². The molecule has 0 bridgehead atoms. The molecule has 2 aromatic rings. The smallest absolute Gasteiger partial charge is 0.494 e. The lowest BCUT2D eigenvalue weighted by Gasteiger charge is -2.32. The fourth-order valence-electron chi connectivity index (χ4n) is 3.90. The third-order valence-corrected chi connectivity index (χ3v) is 6.97. The SMILES string of the molecule is CC(C)(C)c1cc(/C=C/Cc2ccc(B3OC(C)(C)C(C)(C)O3)cc2)c(O)c(C(C)(C)C)c1. The molecule has 0 radical (unpaired) electrons. The van der Waals surface area contributed by atoms with Gasteiger partial charge in [-0.25, -0.2) is 0 Å². The van der Waals surface area contributed by atoms with Gasteiger partial charge in [-0.15, -0.1) is 0 Å². The van der Waals surface area contributed by atoms with E-state index in [1.54, 1.807) is 0 Å². The molecule has 0 amide bonds. The number of benzene rings is 2. The third-order valence-electron chi connectivity index (χ3n) is 6.97. The van der Waals surface area contributed by atoms with Crippen LogP contribution in [-0.4, -0.2) is 23.4 Å². The molecule has 1 heterocycles. The quantitative estimate of drug-likeness (QED) is 0.540. The van der Waals surface area contributed by atoms with Gasteiger partial charge in [-0.3, -0.25) is 0 Å². The summed E-state index contributed by atoms with van der Waals surface area (Å²) in [5.74, 6) is 0.378. The highest BCUT2D eigenvalue weighted by molar-refractivity contribution is 6.62. The summed E-state index contributed by atoms with van der Waals surface area (Å²) in [4.78, 5) is 0. The van der Waals surface area contributed by atoms with Gasteiger partial charge in [0.2, 0.25) is 0 Å². The number of phenols is 1. The Bertz CT molecular complexity index is 1000. The van der Waals surface area contributed by atoms with Gasteiger partial charge < -0.3 is 14.4 Å². The van der Waals surface area contributed by atoms with E-state index < -0.39 is 0 Å². The highest BCUT2D eigenvalue weighted by Crippen LogP contribution is 2.38. The van der Waals surface area contributed by atoms with E-state index >= 15 is 0 Å². The summed E-state index contributed by atoms with van der Waals surface area (Å²) in [6.07, 6.45) is 4.95. The topological polar surface area (TPSA) is 38.7 Å². The maximum absolute atomic E-state index is 11.0. The summed E-state index contributed by atoms with van der Waals surface area (Å²) < 4.78 is 12.3. The number of hydrogen-bond acceptors (Lipinski definition) is 3. The van der Waals surface area contributed by atoms with Gasteiger partial charge in [-0.05, 0) is 67.6 Å². The Kier molecular flexibility index (Phi) is 6.69. The maximum atomic E-state index is 11.0. The minimum absolute atomic E-state index is 0.0135. The molecule has 4 heteroatoms. The Hall–Kier alpha value is -2.04. The van der Waals surface area contributed by atoms with E-state index in [1.807, 2.05) is 6.08 Å². The predicted octanol–water partition coefficient (Wildman–Crippen LogP) is 6.54. The zero-order chi connectivity index (χ0) is 24.8. The molecule has 1 aliphatic rings. The van der Waals surface area contributed by atoms with Gasteiger partial charge in [0, 0.05) is 11.1 Å². The maximum Gasteiger partial charge on any atom is 0.494 e. The molecule has 0 saturated carbocycles. The highest BCUT2D eigenvalue weighted by Gasteiger charge is 2.51. The first-order chi connectivity index (χ1) is 15.0. The van der Waals surface area contributed by atoms with Gasteiger partial charge >= 0.3 is 7.12 Å². The molecule has 1 saturated heterocycles. The van der Waals surface area contributed by atoms with E-state index in [2.05, 4.69) is 112 Å². The van der Waals surface area contributed by atoms with Crippen LogP contribution < -0.4 is 5.46 Å². The Morgan fingerprint density at radius 3 is 1.88 bits per heavy atom. The molecule has 0 atom stereocenters. The van der Waals surface area contributed by atoms with Crippen molar-refractivity contribution in [3.8, 4) is 5.75 Å². The minimum atomic E-state index is -0.340. The molecule has 1 N–H and O–H groups in total. The molecular formula is C29H41BO3. The van der Waals surface area contributed by atoms with Crippen molar-refractivity contribution < 1.29 is 14.4 Å². The van der Waals surface area contributed by atoms with Crippen molar-refractivity contribution in [2.45, 2.75) is 97.7 Å². The van der Waals surface area contributed by atoms with E-state index in [0.717, 1.165) is 23.0 Å². The first-order valence-electron chi connectivity index (χ1n) is 12.0. The van der Waals surface area contributed by atoms with Crippen molar-refractivity contribution >= 4 is 18.7 Å². The van der Waals surface area contributed by atoms with Gasteiger partial charge in [-0.1, -0.05) is 84.0 Å². The summed E-state index contributed by atoms with van der Waals surface area (Å²) >= 11 is 0. The van der Waals surface area contributed by atoms with Crippen molar-refractivity contribution in [2.24, 2.45) is 0 Å². The van der Waals surface area contributed by atoms with Gasteiger partial charge in [0.1, 0.15) is 5.75 Å². The molecule has 1 aliphatic heterocycles. The van der Waals surface area contributed by atoms with Crippen LogP contribution >= 0.6 is 0 Å². The highest BCUT2D eigenvalue weighted by atomic mass is 16.7. The number of hydrogen-bond donors (Lipinski definition) is 1. The molecule has 0 aromatic heterocycles. The van der Waals surface area contributed by atoms with Gasteiger partial charge in [0.25, 0.3) is 0 Å².